The molecule has 0 saturated heterocycles. The first kappa shape index (κ1) is 17.0. The first-order chi connectivity index (χ1) is 9.58. The number of amides is 2. The van der Waals surface area contributed by atoms with Crippen molar-refractivity contribution in [2.75, 3.05) is 18.9 Å². The van der Waals surface area contributed by atoms with E-state index in [0.29, 0.717) is 11.7 Å². The summed E-state index contributed by atoms with van der Waals surface area (Å²) < 4.78 is 5.17. The molecule has 2 N–H and O–H groups in total. The molecule has 2 amide bonds. The van der Waals surface area contributed by atoms with Crippen LogP contribution in [0, 0.1) is 0 Å². The highest BCUT2D eigenvalue weighted by molar-refractivity contribution is 5.93. The summed E-state index contributed by atoms with van der Waals surface area (Å²) >= 11 is 0. The fourth-order valence-electron chi connectivity index (χ4n) is 1.50. The van der Waals surface area contributed by atoms with Gasteiger partial charge in [-0.3, -0.25) is 9.89 Å². The van der Waals surface area contributed by atoms with Crippen LogP contribution in [0.3, 0.4) is 0 Å². The Kier molecular flexibility index (Phi) is 5.34. The van der Waals surface area contributed by atoms with Gasteiger partial charge in [0.05, 0.1) is 0 Å². The molecule has 1 aromatic rings. The lowest BCUT2D eigenvalue weighted by molar-refractivity contribution is -0.117. The molecule has 21 heavy (non-hydrogen) atoms. The zero-order valence-electron chi connectivity index (χ0n) is 13.5. The van der Waals surface area contributed by atoms with Gasteiger partial charge in [-0.1, -0.05) is 13.8 Å². The van der Waals surface area contributed by atoms with Crippen molar-refractivity contribution < 1.29 is 14.3 Å². The number of hydrogen-bond acceptors (Lipinski definition) is 4. The minimum atomic E-state index is -0.587. The van der Waals surface area contributed by atoms with Crippen molar-refractivity contribution in [2.24, 2.45) is 0 Å². The Balaban J connectivity index is 2.51. The maximum Gasteiger partial charge on any atom is 0.410 e. The van der Waals surface area contributed by atoms with Crippen molar-refractivity contribution in [1.82, 2.24) is 15.1 Å². The fraction of sp³-hybridized carbons (Fsp3) is 0.643. The number of H-pyrrole nitrogens is 1. The second-order valence-corrected chi connectivity index (χ2v) is 6.25. The number of ether oxygens (including phenoxy) is 1. The Hall–Kier alpha value is -2.05. The third-order valence-corrected chi connectivity index (χ3v) is 2.57. The lowest BCUT2D eigenvalue weighted by atomic mass is 10.1. The zero-order chi connectivity index (χ0) is 16.2. The number of nitrogens with zero attached hydrogens (tertiary/aromatic N) is 2. The lowest BCUT2D eigenvalue weighted by Gasteiger charge is -2.24. The van der Waals surface area contributed by atoms with Crippen LogP contribution in [-0.2, 0) is 9.53 Å². The zero-order valence-corrected chi connectivity index (χ0v) is 13.5. The van der Waals surface area contributed by atoms with E-state index in [0.717, 1.165) is 5.69 Å². The highest BCUT2D eigenvalue weighted by Crippen LogP contribution is 2.14. The van der Waals surface area contributed by atoms with Crippen molar-refractivity contribution in [3.8, 4) is 0 Å². The van der Waals surface area contributed by atoms with Gasteiger partial charge in [0.2, 0.25) is 5.91 Å². The van der Waals surface area contributed by atoms with Gasteiger partial charge in [-0.15, -0.1) is 0 Å². The number of carbonyl (C=O) groups is 2. The van der Waals surface area contributed by atoms with E-state index >= 15 is 0 Å². The van der Waals surface area contributed by atoms with Crippen LogP contribution in [0.4, 0.5) is 10.6 Å². The maximum atomic E-state index is 11.9. The SMILES string of the molecule is CC(C)c1cc(NC(=O)CN(C)C(=O)OC(C)(C)C)n[nH]1. The van der Waals surface area contributed by atoms with Crippen LogP contribution in [0.1, 0.15) is 46.2 Å². The highest BCUT2D eigenvalue weighted by Gasteiger charge is 2.21. The Morgan fingerprint density at radius 3 is 2.52 bits per heavy atom. The van der Waals surface area contributed by atoms with Gasteiger partial charge in [-0.2, -0.15) is 5.10 Å². The molecule has 7 heteroatoms. The summed E-state index contributed by atoms with van der Waals surface area (Å²) in [6, 6.07) is 1.77. The predicted molar refractivity (Wildman–Crippen MR) is 80.2 cm³/mol. The van der Waals surface area contributed by atoms with Gasteiger partial charge in [0.1, 0.15) is 12.1 Å². The van der Waals surface area contributed by atoms with Crippen LogP contribution in [0.2, 0.25) is 0 Å². The van der Waals surface area contributed by atoms with E-state index in [4.69, 9.17) is 4.74 Å². The first-order valence-corrected chi connectivity index (χ1v) is 6.88. The number of carbonyl (C=O) groups excluding carboxylic acids is 2. The largest absolute Gasteiger partial charge is 0.444 e. The van der Waals surface area contributed by atoms with Crippen molar-refractivity contribution >= 4 is 17.8 Å². The van der Waals surface area contributed by atoms with E-state index in [1.165, 1.54) is 11.9 Å². The number of likely N-dealkylation sites (N-methyl/N-ethyl adjacent to an activating group) is 1. The fourth-order valence-corrected chi connectivity index (χ4v) is 1.50. The summed E-state index contributed by atoms with van der Waals surface area (Å²) in [5.41, 5.74) is 0.349. The average molecular weight is 296 g/mol. The van der Waals surface area contributed by atoms with Crippen LogP contribution in [0.15, 0.2) is 6.07 Å². The van der Waals surface area contributed by atoms with E-state index in [9.17, 15) is 9.59 Å². The van der Waals surface area contributed by atoms with Gasteiger partial charge in [-0.05, 0) is 26.7 Å². The van der Waals surface area contributed by atoms with E-state index in [1.807, 2.05) is 13.8 Å². The highest BCUT2D eigenvalue weighted by atomic mass is 16.6. The third-order valence-electron chi connectivity index (χ3n) is 2.57. The second-order valence-electron chi connectivity index (χ2n) is 6.25. The van der Waals surface area contributed by atoms with Gasteiger partial charge >= 0.3 is 6.09 Å². The number of aromatic nitrogens is 2. The smallest absolute Gasteiger partial charge is 0.410 e. The van der Waals surface area contributed by atoms with Gasteiger partial charge in [0.15, 0.2) is 5.82 Å². The number of rotatable bonds is 4. The molecular formula is C14H24N4O3. The second kappa shape index (κ2) is 6.60. The van der Waals surface area contributed by atoms with Crippen LogP contribution < -0.4 is 5.32 Å². The minimum Gasteiger partial charge on any atom is -0.444 e. The molecule has 0 fully saturated rings. The molecule has 7 nitrogen and oxygen atoms in total. The Morgan fingerprint density at radius 1 is 1.43 bits per heavy atom. The molecule has 0 spiro atoms. The molecule has 0 saturated carbocycles. The maximum absolute atomic E-state index is 11.9. The summed E-state index contributed by atoms with van der Waals surface area (Å²) in [5.74, 6) is 0.416. The monoisotopic (exact) mass is 296 g/mol. The quantitative estimate of drug-likeness (QED) is 0.892. The van der Waals surface area contributed by atoms with Crippen molar-refractivity contribution in [1.29, 1.82) is 0 Å². The van der Waals surface area contributed by atoms with Crippen molar-refractivity contribution in [3.63, 3.8) is 0 Å². The first-order valence-electron chi connectivity index (χ1n) is 6.88. The van der Waals surface area contributed by atoms with Crippen LogP contribution in [0.25, 0.3) is 0 Å². The molecule has 0 bridgehead atoms. The molecule has 1 rings (SSSR count). The standard InChI is InChI=1S/C14H24N4O3/c1-9(2)10-7-11(17-16-10)15-12(19)8-18(6)13(20)21-14(3,4)5/h7,9H,8H2,1-6H3,(H2,15,16,17,19). The summed E-state index contributed by atoms with van der Waals surface area (Å²) in [6.45, 7) is 9.27. The number of nitrogens with one attached hydrogen (secondary N) is 2. The lowest BCUT2D eigenvalue weighted by Crippen LogP contribution is -2.38. The molecule has 0 unspecified atom stereocenters. The van der Waals surface area contributed by atoms with Crippen LogP contribution >= 0.6 is 0 Å². The topological polar surface area (TPSA) is 87.3 Å². The molecule has 0 radical (unpaired) electrons. The minimum absolute atomic E-state index is 0.0984. The van der Waals surface area contributed by atoms with Crippen molar-refractivity contribution in [3.05, 3.63) is 11.8 Å². The molecule has 0 aliphatic carbocycles. The molecular weight excluding hydrogens is 272 g/mol. The van der Waals surface area contributed by atoms with Gasteiger partial charge in [-0.25, -0.2) is 4.79 Å². The Labute approximate surface area is 125 Å². The molecule has 0 atom stereocenters. The number of aromatic amines is 1. The summed E-state index contributed by atoms with van der Waals surface area (Å²) in [5, 5.41) is 9.48. The number of hydrogen-bond donors (Lipinski definition) is 2. The van der Waals surface area contributed by atoms with E-state index < -0.39 is 11.7 Å². The van der Waals surface area contributed by atoms with E-state index in [-0.39, 0.29) is 12.5 Å². The normalized spacial score (nSPS) is 11.4. The third kappa shape index (κ3) is 5.85. The summed E-state index contributed by atoms with van der Waals surface area (Å²) in [4.78, 5) is 24.8. The molecule has 0 aliphatic rings. The molecule has 1 heterocycles. The van der Waals surface area contributed by atoms with Crippen molar-refractivity contribution in [2.45, 2.75) is 46.1 Å². The molecule has 1 aromatic heterocycles. The average Bonchev–Trinajstić information content (AvgIpc) is 2.74. The van der Waals surface area contributed by atoms with Gasteiger partial charge in [0, 0.05) is 18.8 Å². The van der Waals surface area contributed by atoms with E-state index in [2.05, 4.69) is 15.5 Å². The predicted octanol–water partition coefficient (Wildman–Crippen LogP) is 2.34. The summed E-state index contributed by atoms with van der Waals surface area (Å²) in [7, 11) is 1.51. The van der Waals surface area contributed by atoms with E-state index in [1.54, 1.807) is 26.8 Å². The molecule has 0 aliphatic heterocycles. The van der Waals surface area contributed by atoms with Gasteiger partial charge in [0.25, 0.3) is 0 Å². The molecule has 0 aromatic carbocycles. The summed E-state index contributed by atoms with van der Waals surface area (Å²) in [6.07, 6.45) is -0.539. The van der Waals surface area contributed by atoms with Crippen LogP contribution in [-0.4, -0.2) is 46.3 Å². The Morgan fingerprint density at radius 2 is 2.05 bits per heavy atom. The number of anilines is 1. The Bertz CT molecular complexity index is 503. The molecule has 118 valence electrons. The van der Waals surface area contributed by atoms with Gasteiger partial charge < -0.3 is 15.0 Å². The van der Waals surface area contributed by atoms with Crippen LogP contribution in [0.5, 0.6) is 0 Å².